The molecule has 0 aliphatic carbocycles. The van der Waals surface area contributed by atoms with Crippen molar-refractivity contribution in [2.75, 3.05) is 5.73 Å². The van der Waals surface area contributed by atoms with Crippen molar-refractivity contribution in [3.8, 4) is 5.75 Å². The van der Waals surface area contributed by atoms with Crippen LogP contribution in [0.2, 0.25) is 0 Å². The number of pyridine rings is 1. The van der Waals surface area contributed by atoms with Crippen molar-refractivity contribution in [1.29, 1.82) is 0 Å². The van der Waals surface area contributed by atoms with Gasteiger partial charge in [0.1, 0.15) is 12.4 Å². The van der Waals surface area contributed by atoms with Gasteiger partial charge in [-0.15, -0.1) is 10.2 Å². The second-order valence-electron chi connectivity index (χ2n) is 5.04. The fraction of sp³-hybridized carbons (Fsp3) is 0.250. The molecule has 1 aromatic carbocycles. The van der Waals surface area contributed by atoms with Crippen LogP contribution in [0.1, 0.15) is 23.9 Å². The third-order valence-corrected chi connectivity index (χ3v) is 3.56. The van der Waals surface area contributed by atoms with Crippen molar-refractivity contribution >= 4 is 11.3 Å². The third-order valence-electron chi connectivity index (χ3n) is 3.56. The zero-order chi connectivity index (χ0) is 14.8. The lowest BCUT2D eigenvalue weighted by Crippen LogP contribution is -2.03. The second-order valence-corrected chi connectivity index (χ2v) is 5.04. The molecule has 0 aliphatic rings. The second kappa shape index (κ2) is 5.44. The van der Waals surface area contributed by atoms with Crippen LogP contribution in [0.3, 0.4) is 0 Å². The van der Waals surface area contributed by atoms with Crippen molar-refractivity contribution in [3.05, 3.63) is 53.5 Å². The lowest BCUT2D eigenvalue weighted by molar-refractivity contribution is 0.294. The van der Waals surface area contributed by atoms with Crippen LogP contribution in [0, 0.1) is 6.92 Å². The third kappa shape index (κ3) is 2.67. The van der Waals surface area contributed by atoms with E-state index in [4.69, 9.17) is 10.5 Å². The fourth-order valence-electron chi connectivity index (χ4n) is 2.16. The van der Waals surface area contributed by atoms with E-state index < -0.39 is 0 Å². The van der Waals surface area contributed by atoms with Crippen molar-refractivity contribution in [2.24, 2.45) is 0 Å². The molecule has 5 nitrogen and oxygen atoms in total. The number of aromatic nitrogens is 3. The highest BCUT2D eigenvalue weighted by atomic mass is 16.5. The van der Waals surface area contributed by atoms with Gasteiger partial charge in [0.25, 0.3) is 0 Å². The highest BCUT2D eigenvalue weighted by Gasteiger charge is 2.08. The maximum absolute atomic E-state index is 5.94. The van der Waals surface area contributed by atoms with Crippen molar-refractivity contribution in [1.82, 2.24) is 14.6 Å². The molecule has 108 valence electrons. The first kappa shape index (κ1) is 13.4. The van der Waals surface area contributed by atoms with Gasteiger partial charge in [-0.2, -0.15) is 0 Å². The molecule has 5 heteroatoms. The largest absolute Gasteiger partial charge is 0.486 e. The SMILES string of the molecule is CCc1ccc(OCc2nnc3cc(C)c(N)cn23)cc1. The van der Waals surface area contributed by atoms with Gasteiger partial charge in [-0.25, -0.2) is 0 Å². The summed E-state index contributed by atoms with van der Waals surface area (Å²) in [6.07, 6.45) is 2.86. The van der Waals surface area contributed by atoms with Crippen LogP contribution in [0.4, 0.5) is 5.69 Å². The Kier molecular flexibility index (Phi) is 3.48. The Bertz CT molecular complexity index is 762. The average Bonchev–Trinajstić information content (AvgIpc) is 2.88. The molecule has 0 radical (unpaired) electrons. The van der Waals surface area contributed by atoms with E-state index in [2.05, 4.69) is 29.3 Å². The van der Waals surface area contributed by atoms with Gasteiger partial charge in [-0.05, 0) is 42.7 Å². The van der Waals surface area contributed by atoms with Crippen LogP contribution >= 0.6 is 0 Å². The molecule has 0 fully saturated rings. The molecule has 21 heavy (non-hydrogen) atoms. The van der Waals surface area contributed by atoms with Crippen LogP contribution in [0.15, 0.2) is 36.5 Å². The van der Waals surface area contributed by atoms with E-state index in [1.165, 1.54) is 5.56 Å². The molecular formula is C16H18N4O. The molecule has 0 bridgehead atoms. The molecule has 3 rings (SSSR count). The summed E-state index contributed by atoms with van der Waals surface area (Å²) in [5.74, 6) is 1.56. The van der Waals surface area contributed by atoms with Crippen LogP contribution in [-0.4, -0.2) is 14.6 Å². The normalized spacial score (nSPS) is 11.0. The molecule has 2 aromatic heterocycles. The summed E-state index contributed by atoms with van der Waals surface area (Å²) in [4.78, 5) is 0. The van der Waals surface area contributed by atoms with Gasteiger partial charge in [0.15, 0.2) is 11.5 Å². The maximum Gasteiger partial charge on any atom is 0.175 e. The standard InChI is InChI=1S/C16H18N4O/c1-3-12-4-6-13(7-5-12)21-10-16-19-18-15-8-11(2)14(17)9-20(15)16/h4-9H,3,10,17H2,1-2H3. The van der Waals surface area contributed by atoms with E-state index in [9.17, 15) is 0 Å². The molecule has 2 heterocycles. The smallest absolute Gasteiger partial charge is 0.175 e. The molecule has 2 N–H and O–H groups in total. The molecule has 0 unspecified atom stereocenters. The van der Waals surface area contributed by atoms with E-state index in [-0.39, 0.29) is 0 Å². The first-order valence-corrected chi connectivity index (χ1v) is 6.99. The molecule has 0 saturated heterocycles. The summed E-state index contributed by atoms with van der Waals surface area (Å²) < 4.78 is 7.63. The summed E-state index contributed by atoms with van der Waals surface area (Å²) in [5, 5.41) is 8.30. The molecule has 0 spiro atoms. The van der Waals surface area contributed by atoms with Crippen molar-refractivity contribution < 1.29 is 4.74 Å². The zero-order valence-corrected chi connectivity index (χ0v) is 12.2. The number of hydrogen-bond acceptors (Lipinski definition) is 4. The van der Waals surface area contributed by atoms with Crippen LogP contribution in [0.5, 0.6) is 5.75 Å². The number of fused-ring (bicyclic) bond motifs is 1. The highest BCUT2D eigenvalue weighted by molar-refractivity contribution is 5.53. The summed E-state index contributed by atoms with van der Waals surface area (Å²) >= 11 is 0. The summed E-state index contributed by atoms with van der Waals surface area (Å²) in [7, 11) is 0. The highest BCUT2D eigenvalue weighted by Crippen LogP contribution is 2.17. The Labute approximate surface area is 123 Å². The molecular weight excluding hydrogens is 264 g/mol. The van der Waals surface area contributed by atoms with Gasteiger partial charge in [0.05, 0.1) is 5.69 Å². The summed E-state index contributed by atoms with van der Waals surface area (Å²) in [6.45, 7) is 4.44. The molecule has 0 atom stereocenters. The fourth-order valence-corrected chi connectivity index (χ4v) is 2.16. The Morgan fingerprint density at radius 1 is 1.19 bits per heavy atom. The predicted octanol–water partition coefficient (Wildman–Crippen LogP) is 2.76. The number of nitrogens with two attached hydrogens (primary N) is 1. The molecule has 3 aromatic rings. The summed E-state index contributed by atoms with van der Waals surface area (Å²) in [6, 6.07) is 10.0. The number of ether oxygens (including phenoxy) is 1. The monoisotopic (exact) mass is 282 g/mol. The van der Waals surface area contributed by atoms with Crippen molar-refractivity contribution in [3.63, 3.8) is 0 Å². The minimum absolute atomic E-state index is 0.356. The number of anilines is 1. The number of rotatable bonds is 4. The van der Waals surface area contributed by atoms with Gasteiger partial charge in [-0.1, -0.05) is 19.1 Å². The number of nitrogen functional groups attached to an aromatic ring is 1. The van der Waals surface area contributed by atoms with Gasteiger partial charge in [0, 0.05) is 6.20 Å². The Hall–Kier alpha value is -2.56. The first-order chi connectivity index (χ1) is 10.2. The zero-order valence-electron chi connectivity index (χ0n) is 12.2. The van der Waals surface area contributed by atoms with E-state index in [1.54, 1.807) is 0 Å². The van der Waals surface area contributed by atoms with Crippen LogP contribution in [-0.2, 0) is 13.0 Å². The Morgan fingerprint density at radius 2 is 1.95 bits per heavy atom. The van der Waals surface area contributed by atoms with Crippen LogP contribution in [0.25, 0.3) is 5.65 Å². The van der Waals surface area contributed by atoms with Gasteiger partial charge in [-0.3, -0.25) is 4.40 Å². The van der Waals surface area contributed by atoms with E-state index in [1.807, 2.05) is 35.7 Å². The molecule has 0 amide bonds. The van der Waals surface area contributed by atoms with Gasteiger partial charge in [0.2, 0.25) is 0 Å². The van der Waals surface area contributed by atoms with E-state index in [0.29, 0.717) is 6.61 Å². The number of benzene rings is 1. The predicted molar refractivity (Wildman–Crippen MR) is 82.3 cm³/mol. The Morgan fingerprint density at radius 3 is 2.67 bits per heavy atom. The maximum atomic E-state index is 5.94. The van der Waals surface area contributed by atoms with E-state index >= 15 is 0 Å². The molecule has 0 saturated carbocycles. The van der Waals surface area contributed by atoms with Gasteiger partial charge < -0.3 is 10.5 Å². The minimum Gasteiger partial charge on any atom is -0.486 e. The number of nitrogens with zero attached hydrogens (tertiary/aromatic N) is 3. The number of aryl methyl sites for hydroxylation is 2. The minimum atomic E-state index is 0.356. The Balaban J connectivity index is 1.80. The lowest BCUT2D eigenvalue weighted by atomic mass is 10.2. The van der Waals surface area contributed by atoms with Crippen LogP contribution < -0.4 is 10.5 Å². The lowest BCUT2D eigenvalue weighted by Gasteiger charge is -2.07. The number of hydrogen-bond donors (Lipinski definition) is 1. The summed E-state index contributed by atoms with van der Waals surface area (Å²) in [5.41, 5.74) is 9.72. The average molecular weight is 282 g/mol. The first-order valence-electron chi connectivity index (χ1n) is 6.99. The quantitative estimate of drug-likeness (QED) is 0.799. The topological polar surface area (TPSA) is 65.4 Å². The van der Waals surface area contributed by atoms with Gasteiger partial charge >= 0.3 is 0 Å². The molecule has 0 aliphatic heterocycles. The van der Waals surface area contributed by atoms with Crippen molar-refractivity contribution in [2.45, 2.75) is 26.9 Å². The van der Waals surface area contributed by atoms with E-state index in [0.717, 1.165) is 34.9 Å².